The summed E-state index contributed by atoms with van der Waals surface area (Å²) < 4.78 is 5.50. The number of ether oxygens (including phenoxy) is 1. The number of hydrogen-bond acceptors (Lipinski definition) is 4. The van der Waals surface area contributed by atoms with Crippen molar-refractivity contribution < 1.29 is 4.74 Å². The van der Waals surface area contributed by atoms with Crippen molar-refractivity contribution in [3.05, 3.63) is 24.0 Å². The lowest BCUT2D eigenvalue weighted by molar-refractivity contribution is 0.110. The Labute approximate surface area is 114 Å². The molecule has 0 amide bonds. The fourth-order valence-electron chi connectivity index (χ4n) is 1.40. The van der Waals surface area contributed by atoms with E-state index in [1.165, 1.54) is 0 Å². The Morgan fingerprint density at radius 1 is 1.56 bits per heavy atom. The van der Waals surface area contributed by atoms with Gasteiger partial charge in [-0.2, -0.15) is 0 Å². The molecule has 4 nitrogen and oxygen atoms in total. The van der Waals surface area contributed by atoms with Crippen molar-refractivity contribution in [1.82, 2.24) is 4.98 Å². The third kappa shape index (κ3) is 5.93. The summed E-state index contributed by atoms with van der Waals surface area (Å²) in [7, 11) is 0. The van der Waals surface area contributed by atoms with Crippen molar-refractivity contribution in [3.8, 4) is 0 Å². The summed E-state index contributed by atoms with van der Waals surface area (Å²) in [5.41, 5.74) is 7.15. The van der Waals surface area contributed by atoms with E-state index in [1.807, 2.05) is 12.1 Å². The predicted octanol–water partition coefficient (Wildman–Crippen LogP) is 2.19. The first-order chi connectivity index (χ1) is 8.59. The maximum atomic E-state index is 5.53. The van der Waals surface area contributed by atoms with E-state index >= 15 is 0 Å². The van der Waals surface area contributed by atoms with Crippen LogP contribution in [0.15, 0.2) is 18.3 Å². The van der Waals surface area contributed by atoms with Crippen molar-refractivity contribution in [2.45, 2.75) is 20.3 Å². The van der Waals surface area contributed by atoms with Gasteiger partial charge in [-0.25, -0.2) is 0 Å². The van der Waals surface area contributed by atoms with Crippen LogP contribution in [-0.2, 0) is 4.74 Å². The molecule has 0 aliphatic heterocycles. The topological polar surface area (TPSA) is 60.2 Å². The molecule has 0 aromatic carbocycles. The van der Waals surface area contributed by atoms with Crippen molar-refractivity contribution >= 4 is 22.9 Å². The molecule has 1 rings (SSSR count). The van der Waals surface area contributed by atoms with Gasteiger partial charge in [-0.05, 0) is 24.5 Å². The Morgan fingerprint density at radius 3 is 3.00 bits per heavy atom. The van der Waals surface area contributed by atoms with Gasteiger partial charge < -0.3 is 15.8 Å². The summed E-state index contributed by atoms with van der Waals surface area (Å²) in [6.07, 6.45) is 2.67. The van der Waals surface area contributed by atoms with Crippen molar-refractivity contribution in [1.29, 1.82) is 0 Å². The number of nitrogens with two attached hydrogens (primary N) is 1. The monoisotopic (exact) mass is 267 g/mol. The zero-order valence-electron chi connectivity index (χ0n) is 11.0. The number of thiocarbonyl (C=S) groups is 1. The number of pyridine rings is 1. The number of hydrogen-bond donors (Lipinski definition) is 2. The highest BCUT2D eigenvalue weighted by Crippen LogP contribution is 2.07. The van der Waals surface area contributed by atoms with E-state index in [-0.39, 0.29) is 0 Å². The minimum absolute atomic E-state index is 0.318. The summed E-state index contributed by atoms with van der Waals surface area (Å²) in [5, 5.41) is 3.29. The summed E-state index contributed by atoms with van der Waals surface area (Å²) in [6.45, 7) is 6.75. The summed E-state index contributed by atoms with van der Waals surface area (Å²) in [6, 6.07) is 3.76. The maximum Gasteiger partial charge on any atom is 0.122 e. The van der Waals surface area contributed by atoms with Crippen LogP contribution >= 0.6 is 12.2 Å². The summed E-state index contributed by atoms with van der Waals surface area (Å²) in [5.74, 6) is 0.589. The second kappa shape index (κ2) is 8.00. The van der Waals surface area contributed by atoms with Crippen LogP contribution in [0.4, 0.5) is 5.69 Å². The minimum Gasteiger partial charge on any atom is -0.388 e. The second-order valence-corrected chi connectivity index (χ2v) is 4.98. The smallest absolute Gasteiger partial charge is 0.122 e. The van der Waals surface area contributed by atoms with Crippen LogP contribution in [0.5, 0.6) is 0 Å². The van der Waals surface area contributed by atoms with Crippen LogP contribution in [0.25, 0.3) is 0 Å². The molecule has 0 saturated carbocycles. The van der Waals surface area contributed by atoms with E-state index in [0.29, 0.717) is 16.6 Å². The molecule has 0 aliphatic rings. The van der Waals surface area contributed by atoms with Crippen LogP contribution in [-0.4, -0.2) is 29.7 Å². The first-order valence-corrected chi connectivity index (χ1v) is 6.58. The van der Waals surface area contributed by atoms with E-state index in [4.69, 9.17) is 22.7 Å². The van der Waals surface area contributed by atoms with E-state index in [2.05, 4.69) is 24.1 Å². The molecule has 18 heavy (non-hydrogen) atoms. The Hall–Kier alpha value is -1.20. The van der Waals surface area contributed by atoms with E-state index in [1.54, 1.807) is 6.20 Å². The van der Waals surface area contributed by atoms with Crippen LogP contribution in [0.2, 0.25) is 0 Å². The van der Waals surface area contributed by atoms with Crippen LogP contribution in [0, 0.1) is 5.92 Å². The first kappa shape index (κ1) is 14.9. The number of aromatic nitrogens is 1. The molecule has 0 bridgehead atoms. The quantitative estimate of drug-likeness (QED) is 0.558. The van der Waals surface area contributed by atoms with Gasteiger partial charge in [-0.15, -0.1) is 0 Å². The standard InChI is InChI=1S/C13H21N3OS/c1-10(2)9-17-7-3-5-15-11-4-6-16-12(8-11)13(14)18/h4,6,8,10H,3,5,7,9H2,1-2H3,(H2,14,18)(H,15,16). The van der Waals surface area contributed by atoms with Crippen molar-refractivity contribution in [2.24, 2.45) is 11.7 Å². The van der Waals surface area contributed by atoms with Crippen molar-refractivity contribution in [2.75, 3.05) is 25.1 Å². The average Bonchev–Trinajstić information content (AvgIpc) is 2.33. The average molecular weight is 267 g/mol. The first-order valence-electron chi connectivity index (χ1n) is 6.17. The molecule has 0 spiro atoms. The fourth-order valence-corrected chi connectivity index (χ4v) is 1.51. The van der Waals surface area contributed by atoms with Gasteiger partial charge in [0.05, 0.1) is 5.69 Å². The van der Waals surface area contributed by atoms with Gasteiger partial charge in [0.1, 0.15) is 4.99 Å². The summed E-state index contributed by atoms with van der Waals surface area (Å²) in [4.78, 5) is 4.40. The van der Waals surface area contributed by atoms with Gasteiger partial charge in [0.15, 0.2) is 0 Å². The lowest BCUT2D eigenvalue weighted by Gasteiger charge is -2.09. The van der Waals surface area contributed by atoms with Crippen molar-refractivity contribution in [3.63, 3.8) is 0 Å². The molecule has 100 valence electrons. The molecule has 0 fully saturated rings. The molecule has 0 saturated heterocycles. The Morgan fingerprint density at radius 2 is 2.33 bits per heavy atom. The molecule has 3 N–H and O–H groups in total. The van der Waals surface area contributed by atoms with Gasteiger partial charge in [0, 0.05) is 31.6 Å². The third-order valence-corrected chi connectivity index (χ3v) is 2.47. The molecule has 1 aromatic rings. The Kier molecular flexibility index (Phi) is 6.60. The number of rotatable bonds is 8. The van der Waals surface area contributed by atoms with Crippen LogP contribution < -0.4 is 11.1 Å². The lowest BCUT2D eigenvalue weighted by Crippen LogP contribution is -2.12. The third-order valence-electron chi connectivity index (χ3n) is 2.26. The minimum atomic E-state index is 0.318. The normalized spacial score (nSPS) is 10.6. The van der Waals surface area contributed by atoms with Gasteiger partial charge in [-0.3, -0.25) is 4.98 Å². The van der Waals surface area contributed by atoms with Gasteiger partial charge in [0.25, 0.3) is 0 Å². The summed E-state index contributed by atoms with van der Waals surface area (Å²) >= 11 is 4.88. The Balaban J connectivity index is 2.23. The van der Waals surface area contributed by atoms with Crippen LogP contribution in [0.1, 0.15) is 26.0 Å². The van der Waals surface area contributed by atoms with E-state index in [9.17, 15) is 0 Å². The molecule has 1 aromatic heterocycles. The SMILES string of the molecule is CC(C)COCCCNc1ccnc(C(N)=S)c1. The second-order valence-electron chi connectivity index (χ2n) is 4.54. The predicted molar refractivity (Wildman–Crippen MR) is 78.9 cm³/mol. The molecule has 0 unspecified atom stereocenters. The lowest BCUT2D eigenvalue weighted by atomic mass is 10.2. The molecular weight excluding hydrogens is 246 g/mol. The molecule has 1 heterocycles. The fraction of sp³-hybridized carbons (Fsp3) is 0.538. The highest BCUT2D eigenvalue weighted by atomic mass is 32.1. The highest BCUT2D eigenvalue weighted by molar-refractivity contribution is 7.80. The number of nitrogens with zero attached hydrogens (tertiary/aromatic N) is 1. The zero-order chi connectivity index (χ0) is 13.4. The molecule has 5 heteroatoms. The van der Waals surface area contributed by atoms with Gasteiger partial charge in [-0.1, -0.05) is 26.1 Å². The number of anilines is 1. The van der Waals surface area contributed by atoms with Crippen LogP contribution in [0.3, 0.4) is 0 Å². The molecule has 0 atom stereocenters. The molecule has 0 radical (unpaired) electrons. The van der Waals surface area contributed by atoms with E-state index < -0.39 is 0 Å². The van der Waals surface area contributed by atoms with E-state index in [0.717, 1.165) is 31.9 Å². The number of nitrogens with one attached hydrogen (secondary N) is 1. The largest absolute Gasteiger partial charge is 0.388 e. The maximum absolute atomic E-state index is 5.53. The Bertz CT molecular complexity index is 382. The molecular formula is C13H21N3OS. The highest BCUT2D eigenvalue weighted by Gasteiger charge is 1.99. The molecule has 0 aliphatic carbocycles. The van der Waals surface area contributed by atoms with Gasteiger partial charge >= 0.3 is 0 Å². The van der Waals surface area contributed by atoms with Gasteiger partial charge in [0.2, 0.25) is 0 Å². The zero-order valence-corrected chi connectivity index (χ0v) is 11.8.